The van der Waals surface area contributed by atoms with Crippen LogP contribution in [0, 0.1) is 0 Å². The SMILES string of the molecule is Oc1ccc(C2=CC3=CC4=NC(=C(c5ccccc5)C5=NC(=CC6=NC(=C(c7ccccc7)C2=N3)C=C6)C=C5)C=C4)cc1. The highest BCUT2D eigenvalue weighted by Gasteiger charge is 2.26. The molecule has 8 rings (SSSR count). The van der Waals surface area contributed by atoms with E-state index in [0.717, 1.165) is 79.0 Å². The molecule has 0 fully saturated rings. The van der Waals surface area contributed by atoms with Crippen molar-refractivity contribution in [2.75, 3.05) is 0 Å². The van der Waals surface area contributed by atoms with Crippen LogP contribution in [-0.4, -0.2) is 28.0 Å². The molecule has 0 atom stereocenters. The predicted molar refractivity (Wildman–Crippen MR) is 176 cm³/mol. The van der Waals surface area contributed by atoms with Gasteiger partial charge in [-0.05, 0) is 83.5 Å². The average molecular weight is 553 g/mol. The standard InChI is InChI=1S/C38H24N4O/c43-31-16-11-24(12-17-31)32-23-30-22-29-14-19-34(40-29)36(25-7-3-1-4-8-25)33-18-13-27(39-33)21-28-15-20-35(41-28)37(38(32)42-30)26-9-5-2-6-10-26/h1-23,43H. The minimum atomic E-state index is 0.218. The van der Waals surface area contributed by atoms with Crippen molar-refractivity contribution in [1.82, 2.24) is 0 Å². The lowest BCUT2D eigenvalue weighted by Crippen LogP contribution is -2.05. The molecule has 3 aromatic rings. The lowest BCUT2D eigenvalue weighted by atomic mass is 9.91. The highest BCUT2D eigenvalue weighted by molar-refractivity contribution is 6.47. The van der Waals surface area contributed by atoms with Crippen LogP contribution in [0.3, 0.4) is 0 Å². The van der Waals surface area contributed by atoms with E-state index >= 15 is 0 Å². The second kappa shape index (κ2) is 10.2. The number of allylic oxidation sites excluding steroid dienone is 12. The number of benzene rings is 3. The summed E-state index contributed by atoms with van der Waals surface area (Å²) < 4.78 is 0. The quantitative estimate of drug-likeness (QED) is 0.353. The van der Waals surface area contributed by atoms with Gasteiger partial charge in [-0.25, -0.2) is 20.0 Å². The van der Waals surface area contributed by atoms with Crippen molar-refractivity contribution in [3.8, 4) is 5.75 Å². The summed E-state index contributed by atoms with van der Waals surface area (Å²) in [6, 6.07) is 27.7. The van der Waals surface area contributed by atoms with Gasteiger partial charge in [0, 0.05) is 16.7 Å². The van der Waals surface area contributed by atoms with Gasteiger partial charge in [-0.3, -0.25) is 0 Å². The predicted octanol–water partition coefficient (Wildman–Crippen LogP) is 7.87. The topological polar surface area (TPSA) is 69.7 Å². The minimum absolute atomic E-state index is 0.218. The van der Waals surface area contributed by atoms with E-state index in [0.29, 0.717) is 0 Å². The van der Waals surface area contributed by atoms with Gasteiger partial charge in [-0.2, -0.15) is 0 Å². The van der Waals surface area contributed by atoms with Crippen molar-refractivity contribution in [2.45, 2.75) is 0 Å². The molecule has 5 heterocycles. The first kappa shape index (κ1) is 24.8. The highest BCUT2D eigenvalue weighted by Crippen LogP contribution is 2.37. The smallest absolute Gasteiger partial charge is 0.115 e. The average Bonchev–Trinajstić information content (AvgIpc) is 3.85. The van der Waals surface area contributed by atoms with Crippen LogP contribution in [0.2, 0.25) is 0 Å². The number of nitrogens with zero attached hydrogens (tertiary/aromatic N) is 4. The maximum atomic E-state index is 10.0. The largest absolute Gasteiger partial charge is 0.508 e. The van der Waals surface area contributed by atoms with E-state index in [4.69, 9.17) is 20.0 Å². The van der Waals surface area contributed by atoms with Gasteiger partial charge in [-0.1, -0.05) is 72.8 Å². The second-order valence-electron chi connectivity index (χ2n) is 10.5. The monoisotopic (exact) mass is 552 g/mol. The van der Waals surface area contributed by atoms with E-state index in [1.54, 1.807) is 12.1 Å². The Morgan fingerprint density at radius 1 is 0.442 bits per heavy atom. The Morgan fingerprint density at radius 3 is 1.72 bits per heavy atom. The van der Waals surface area contributed by atoms with Crippen LogP contribution in [-0.2, 0) is 0 Å². The number of phenols is 1. The van der Waals surface area contributed by atoms with Crippen molar-refractivity contribution in [3.05, 3.63) is 179 Å². The van der Waals surface area contributed by atoms with Gasteiger partial charge in [0.15, 0.2) is 0 Å². The van der Waals surface area contributed by atoms with Gasteiger partial charge < -0.3 is 5.11 Å². The molecule has 1 N–H and O–H groups in total. The summed E-state index contributed by atoms with van der Waals surface area (Å²) in [5, 5.41) is 10.0. The molecule has 5 nitrogen and oxygen atoms in total. The van der Waals surface area contributed by atoms with Gasteiger partial charge in [0.2, 0.25) is 0 Å². The summed E-state index contributed by atoms with van der Waals surface area (Å²) in [4.78, 5) is 20.3. The van der Waals surface area contributed by atoms with E-state index in [2.05, 4.69) is 30.3 Å². The molecule has 0 amide bonds. The first-order chi connectivity index (χ1) is 21.2. The Labute approximate surface area is 249 Å². The summed E-state index contributed by atoms with van der Waals surface area (Å²) in [5.74, 6) is 0.218. The van der Waals surface area contributed by atoms with Crippen LogP contribution in [0.15, 0.2) is 182 Å². The van der Waals surface area contributed by atoms with Gasteiger partial charge in [0.05, 0.1) is 45.6 Å². The lowest BCUT2D eigenvalue weighted by Gasteiger charge is -2.14. The van der Waals surface area contributed by atoms with Crippen LogP contribution >= 0.6 is 0 Å². The normalized spacial score (nSPS) is 18.4. The molecule has 0 radical (unpaired) electrons. The molecule has 5 heteroatoms. The molecule has 202 valence electrons. The van der Waals surface area contributed by atoms with E-state index in [1.807, 2.05) is 97.1 Å². The Bertz CT molecular complexity index is 2070. The zero-order chi connectivity index (χ0) is 28.8. The molecule has 8 bridgehead atoms. The molecule has 5 aliphatic rings. The second-order valence-corrected chi connectivity index (χ2v) is 10.5. The highest BCUT2D eigenvalue weighted by atomic mass is 16.3. The molecular weight excluding hydrogens is 528 g/mol. The molecule has 5 aliphatic heterocycles. The third kappa shape index (κ3) is 4.63. The molecule has 0 unspecified atom stereocenters. The summed E-state index contributed by atoms with van der Waals surface area (Å²) in [6.45, 7) is 0. The van der Waals surface area contributed by atoms with E-state index < -0.39 is 0 Å². The van der Waals surface area contributed by atoms with E-state index in [1.165, 1.54) is 0 Å². The number of rotatable bonds is 3. The summed E-state index contributed by atoms with van der Waals surface area (Å²) in [7, 11) is 0. The number of fused-ring (bicyclic) bond motifs is 4. The van der Waals surface area contributed by atoms with Crippen LogP contribution in [0.1, 0.15) is 16.7 Å². The number of hydrogen-bond acceptors (Lipinski definition) is 5. The van der Waals surface area contributed by atoms with E-state index in [-0.39, 0.29) is 5.75 Å². The van der Waals surface area contributed by atoms with Crippen LogP contribution < -0.4 is 0 Å². The Balaban J connectivity index is 1.39. The zero-order valence-corrected chi connectivity index (χ0v) is 23.0. The Hall–Kier alpha value is -5.94. The maximum absolute atomic E-state index is 10.0. The van der Waals surface area contributed by atoms with Crippen molar-refractivity contribution >= 4 is 39.6 Å². The van der Waals surface area contributed by atoms with Crippen LogP contribution in [0.4, 0.5) is 0 Å². The first-order valence-corrected chi connectivity index (χ1v) is 14.1. The molecule has 3 aromatic carbocycles. The molecule has 0 saturated carbocycles. The van der Waals surface area contributed by atoms with Crippen LogP contribution in [0.25, 0.3) is 16.7 Å². The Morgan fingerprint density at radius 2 is 1.05 bits per heavy atom. The molecular formula is C38H24N4O. The van der Waals surface area contributed by atoms with Gasteiger partial charge in [-0.15, -0.1) is 0 Å². The van der Waals surface area contributed by atoms with Crippen molar-refractivity contribution in [1.29, 1.82) is 0 Å². The lowest BCUT2D eigenvalue weighted by molar-refractivity contribution is 0.475. The molecule has 0 aliphatic carbocycles. The number of aliphatic imine (C=N–C) groups is 4. The fourth-order valence-electron chi connectivity index (χ4n) is 5.70. The number of hydrogen-bond donors (Lipinski definition) is 1. The molecule has 43 heavy (non-hydrogen) atoms. The summed E-state index contributed by atoms with van der Waals surface area (Å²) in [6.07, 6.45) is 18.3. The molecule has 0 spiro atoms. The van der Waals surface area contributed by atoms with Crippen LogP contribution in [0.5, 0.6) is 5.75 Å². The fraction of sp³-hybridized carbons (Fsp3) is 0. The number of phenolic OH excluding ortho intramolecular Hbond substituents is 1. The van der Waals surface area contributed by atoms with Crippen molar-refractivity contribution in [3.63, 3.8) is 0 Å². The van der Waals surface area contributed by atoms with Crippen molar-refractivity contribution in [2.24, 2.45) is 20.0 Å². The fourth-order valence-corrected chi connectivity index (χ4v) is 5.70. The zero-order valence-electron chi connectivity index (χ0n) is 23.0. The first-order valence-electron chi connectivity index (χ1n) is 14.1. The molecule has 0 aromatic heterocycles. The summed E-state index contributed by atoms with van der Waals surface area (Å²) in [5.41, 5.74) is 12.5. The maximum Gasteiger partial charge on any atom is 0.115 e. The molecule has 0 saturated heterocycles. The van der Waals surface area contributed by atoms with Gasteiger partial charge in [0.1, 0.15) is 5.75 Å². The summed E-state index contributed by atoms with van der Waals surface area (Å²) >= 11 is 0. The third-order valence-corrected chi connectivity index (χ3v) is 7.67. The number of aromatic hydroxyl groups is 1. The van der Waals surface area contributed by atoms with E-state index in [9.17, 15) is 5.11 Å². The minimum Gasteiger partial charge on any atom is -0.508 e. The Kier molecular flexibility index (Phi) is 5.86. The van der Waals surface area contributed by atoms with Gasteiger partial charge in [0.25, 0.3) is 0 Å². The van der Waals surface area contributed by atoms with Gasteiger partial charge >= 0.3 is 0 Å². The van der Waals surface area contributed by atoms with Crippen molar-refractivity contribution < 1.29 is 5.11 Å². The third-order valence-electron chi connectivity index (χ3n) is 7.67.